The first-order chi connectivity index (χ1) is 14.7. The number of carbonyl (C=O) groups is 1. The molecule has 10 heteroatoms. The van der Waals surface area contributed by atoms with Crippen molar-refractivity contribution in [2.45, 2.75) is 13.5 Å². The largest absolute Gasteiger partial charge is 0.496 e. The number of aryl methyl sites for hydroxylation is 1. The van der Waals surface area contributed by atoms with E-state index >= 15 is 0 Å². The minimum atomic E-state index is -3.71. The van der Waals surface area contributed by atoms with Crippen molar-refractivity contribution < 1.29 is 17.9 Å². The van der Waals surface area contributed by atoms with Crippen molar-refractivity contribution in [2.75, 3.05) is 18.3 Å². The molecule has 0 bridgehead atoms. The van der Waals surface area contributed by atoms with Gasteiger partial charge in [-0.2, -0.15) is 5.26 Å². The molecule has 2 aromatic carbocycles. The van der Waals surface area contributed by atoms with Crippen molar-refractivity contribution in [3.8, 4) is 11.8 Å². The van der Waals surface area contributed by atoms with Crippen LogP contribution in [0.15, 0.2) is 48.5 Å². The number of nitrogens with zero attached hydrogens (tertiary/aromatic N) is 3. The second-order valence-corrected chi connectivity index (χ2v) is 9.59. The molecule has 0 aliphatic carbocycles. The summed E-state index contributed by atoms with van der Waals surface area (Å²) in [6, 6.07) is 16.6. The van der Waals surface area contributed by atoms with Gasteiger partial charge in [0.1, 0.15) is 11.4 Å². The summed E-state index contributed by atoms with van der Waals surface area (Å²) in [4.78, 5) is 19.3. The quantitative estimate of drug-likeness (QED) is 0.580. The van der Waals surface area contributed by atoms with Crippen molar-refractivity contribution in [1.29, 1.82) is 5.26 Å². The molecule has 0 fully saturated rings. The van der Waals surface area contributed by atoms with E-state index in [1.54, 1.807) is 38.3 Å². The van der Waals surface area contributed by atoms with Crippen LogP contribution in [0.2, 0.25) is 0 Å². The number of ether oxygens (including phenoxy) is 1. The van der Waals surface area contributed by atoms with E-state index in [-0.39, 0.29) is 5.69 Å². The molecule has 0 saturated carbocycles. The van der Waals surface area contributed by atoms with Gasteiger partial charge >= 0.3 is 0 Å². The number of rotatable bonds is 7. The van der Waals surface area contributed by atoms with Gasteiger partial charge < -0.3 is 9.64 Å². The van der Waals surface area contributed by atoms with Gasteiger partial charge in [0.05, 0.1) is 31.5 Å². The molecule has 0 radical (unpaired) electrons. The van der Waals surface area contributed by atoms with Crippen LogP contribution in [0.5, 0.6) is 5.75 Å². The molecular formula is C21H20N4O4S2. The first kappa shape index (κ1) is 22.3. The Labute approximate surface area is 184 Å². The molecule has 160 valence electrons. The van der Waals surface area contributed by atoms with Crippen LogP contribution in [-0.2, 0) is 16.6 Å². The predicted molar refractivity (Wildman–Crippen MR) is 119 cm³/mol. The van der Waals surface area contributed by atoms with E-state index in [0.29, 0.717) is 27.9 Å². The Kier molecular flexibility index (Phi) is 6.58. The Morgan fingerprint density at radius 2 is 1.90 bits per heavy atom. The van der Waals surface area contributed by atoms with Crippen molar-refractivity contribution in [1.82, 2.24) is 9.71 Å². The number of amides is 1. The molecule has 0 aliphatic heterocycles. The van der Waals surface area contributed by atoms with Gasteiger partial charge in [0.15, 0.2) is 5.13 Å². The molecule has 1 amide bonds. The number of nitriles is 1. The first-order valence-corrected chi connectivity index (χ1v) is 11.8. The third-order valence-corrected chi connectivity index (χ3v) is 5.89. The molecule has 3 aromatic rings. The average Bonchev–Trinajstić information content (AvgIpc) is 3.12. The highest BCUT2D eigenvalue weighted by molar-refractivity contribution is 7.89. The lowest BCUT2D eigenvalue weighted by molar-refractivity contribution is 0.0977. The topological polar surface area (TPSA) is 112 Å². The number of aromatic nitrogens is 1. The maximum Gasteiger partial charge on any atom is 0.284 e. The molecule has 8 nitrogen and oxygen atoms in total. The zero-order valence-corrected chi connectivity index (χ0v) is 18.8. The summed E-state index contributed by atoms with van der Waals surface area (Å²) in [5, 5.41) is 9.60. The molecule has 3 rings (SSSR count). The van der Waals surface area contributed by atoms with Gasteiger partial charge in [-0.3, -0.25) is 4.79 Å². The lowest BCUT2D eigenvalue weighted by Crippen LogP contribution is -2.30. The Balaban J connectivity index is 2.05. The number of para-hydroxylation sites is 1. The van der Waals surface area contributed by atoms with Crippen LogP contribution in [0.25, 0.3) is 0 Å². The van der Waals surface area contributed by atoms with E-state index in [9.17, 15) is 13.2 Å². The van der Waals surface area contributed by atoms with Gasteiger partial charge in [-0.05, 0) is 37.3 Å². The van der Waals surface area contributed by atoms with Gasteiger partial charge in [0.2, 0.25) is 10.0 Å². The standard InChI is InChI=1S/C21H20N4O4S2/c1-14-19(20(26)24-31(3,27)28)23-21(30-14)25(17-10-8-15(12-22)9-11-17)13-16-6-4-5-7-18(16)29-2/h4-11H,13H2,1-3H3,(H,24,26). The Hall–Kier alpha value is -3.42. The van der Waals surface area contributed by atoms with Crippen LogP contribution in [0, 0.1) is 18.3 Å². The monoisotopic (exact) mass is 456 g/mol. The van der Waals surface area contributed by atoms with Gasteiger partial charge in [0.25, 0.3) is 5.91 Å². The summed E-state index contributed by atoms with van der Waals surface area (Å²) in [6.07, 6.45) is 0.915. The molecule has 0 saturated heterocycles. The number of anilines is 2. The lowest BCUT2D eigenvalue weighted by atomic mass is 10.1. The molecule has 0 spiro atoms. The molecule has 1 N–H and O–H groups in total. The normalized spacial score (nSPS) is 10.9. The van der Waals surface area contributed by atoms with E-state index in [1.165, 1.54) is 11.3 Å². The molecule has 1 heterocycles. The SMILES string of the molecule is COc1ccccc1CN(c1ccc(C#N)cc1)c1nc(C(=O)NS(C)(=O)=O)c(C)s1. The van der Waals surface area contributed by atoms with Crippen molar-refractivity contribution in [3.05, 3.63) is 70.2 Å². The molecule has 0 aliphatic rings. The maximum atomic E-state index is 12.4. The van der Waals surface area contributed by atoms with Crippen molar-refractivity contribution in [3.63, 3.8) is 0 Å². The van der Waals surface area contributed by atoms with Crippen LogP contribution in [-0.4, -0.2) is 32.7 Å². The van der Waals surface area contributed by atoms with Crippen molar-refractivity contribution in [2.24, 2.45) is 0 Å². The fraction of sp³-hybridized carbons (Fsp3) is 0.190. The number of methoxy groups -OCH3 is 1. The average molecular weight is 457 g/mol. The summed E-state index contributed by atoms with van der Waals surface area (Å²) in [5.41, 5.74) is 2.21. The van der Waals surface area contributed by atoms with E-state index in [4.69, 9.17) is 10.00 Å². The number of carbonyl (C=O) groups excluding carboxylic acids is 1. The van der Waals surface area contributed by atoms with E-state index in [0.717, 1.165) is 17.5 Å². The highest BCUT2D eigenvalue weighted by Gasteiger charge is 2.23. The Morgan fingerprint density at radius 3 is 2.52 bits per heavy atom. The summed E-state index contributed by atoms with van der Waals surface area (Å²) in [7, 11) is -2.12. The first-order valence-electron chi connectivity index (χ1n) is 9.11. The highest BCUT2D eigenvalue weighted by Crippen LogP contribution is 2.34. The maximum absolute atomic E-state index is 12.4. The third-order valence-electron chi connectivity index (χ3n) is 4.34. The summed E-state index contributed by atoms with van der Waals surface area (Å²) in [5.74, 6) is -0.0796. The number of nitrogens with one attached hydrogen (secondary N) is 1. The van der Waals surface area contributed by atoms with Crippen LogP contribution < -0.4 is 14.4 Å². The zero-order valence-electron chi connectivity index (χ0n) is 17.1. The fourth-order valence-corrected chi connectivity index (χ4v) is 4.27. The number of sulfonamides is 1. The smallest absolute Gasteiger partial charge is 0.284 e. The van der Waals surface area contributed by atoms with Gasteiger partial charge in [-0.15, -0.1) is 11.3 Å². The van der Waals surface area contributed by atoms with Crippen LogP contribution in [0.1, 0.15) is 26.5 Å². The van der Waals surface area contributed by atoms with Crippen LogP contribution >= 0.6 is 11.3 Å². The summed E-state index contributed by atoms with van der Waals surface area (Å²) < 4.78 is 30.3. The predicted octanol–water partition coefficient (Wildman–Crippen LogP) is 3.36. The van der Waals surface area contributed by atoms with Crippen LogP contribution in [0.4, 0.5) is 10.8 Å². The van der Waals surface area contributed by atoms with E-state index in [2.05, 4.69) is 11.1 Å². The zero-order chi connectivity index (χ0) is 22.6. The number of thiazole rings is 1. The van der Waals surface area contributed by atoms with Gasteiger partial charge in [-0.1, -0.05) is 18.2 Å². The molecule has 31 heavy (non-hydrogen) atoms. The van der Waals surface area contributed by atoms with Gasteiger partial charge in [-0.25, -0.2) is 18.1 Å². The second kappa shape index (κ2) is 9.16. The van der Waals surface area contributed by atoms with Gasteiger partial charge in [0, 0.05) is 16.1 Å². The van der Waals surface area contributed by atoms with E-state index < -0.39 is 15.9 Å². The summed E-state index contributed by atoms with van der Waals surface area (Å²) in [6.45, 7) is 2.09. The van der Waals surface area contributed by atoms with E-state index in [1.807, 2.05) is 33.9 Å². The molecule has 1 aromatic heterocycles. The number of hydrogen-bond acceptors (Lipinski definition) is 8. The number of benzene rings is 2. The second-order valence-electron chi connectivity index (χ2n) is 6.66. The fourth-order valence-electron chi connectivity index (χ4n) is 2.91. The molecule has 0 atom stereocenters. The highest BCUT2D eigenvalue weighted by atomic mass is 32.2. The minimum absolute atomic E-state index is 0.0455. The Bertz CT molecular complexity index is 1250. The minimum Gasteiger partial charge on any atom is -0.496 e. The molecule has 0 unspecified atom stereocenters. The Morgan fingerprint density at radius 1 is 1.23 bits per heavy atom. The lowest BCUT2D eigenvalue weighted by Gasteiger charge is -2.23. The van der Waals surface area contributed by atoms with Crippen molar-refractivity contribution >= 4 is 38.1 Å². The molecular weight excluding hydrogens is 436 g/mol. The van der Waals surface area contributed by atoms with Crippen LogP contribution in [0.3, 0.4) is 0 Å². The number of hydrogen-bond donors (Lipinski definition) is 1. The summed E-state index contributed by atoms with van der Waals surface area (Å²) >= 11 is 1.27. The third kappa shape index (κ3) is 5.39.